The van der Waals surface area contributed by atoms with Gasteiger partial charge < -0.3 is 10.2 Å². The minimum Gasteiger partial charge on any atom is -0.321 e. The van der Waals surface area contributed by atoms with Crippen molar-refractivity contribution >= 4 is 46.1 Å². The molecule has 0 fully saturated rings. The van der Waals surface area contributed by atoms with Gasteiger partial charge in [0.05, 0.1) is 5.69 Å². The molecule has 0 aliphatic carbocycles. The van der Waals surface area contributed by atoms with Gasteiger partial charge in [-0.05, 0) is 49.2 Å². The van der Waals surface area contributed by atoms with E-state index in [0.717, 1.165) is 28.2 Å². The number of fused-ring (bicyclic) bond motifs is 1. The monoisotopic (exact) mass is 411 g/mol. The molecule has 2 aromatic carbocycles. The topological polar surface area (TPSA) is 62.3 Å². The SMILES string of the molecule is CC(=O)N1CCc2cc(NC(=O)c3sc(-c4cccc(Cl)c4)nc3C)ccc21. The van der Waals surface area contributed by atoms with E-state index in [1.54, 1.807) is 17.9 Å². The Balaban J connectivity index is 1.56. The predicted molar refractivity (Wildman–Crippen MR) is 113 cm³/mol. The van der Waals surface area contributed by atoms with Crippen LogP contribution in [0.2, 0.25) is 5.02 Å². The van der Waals surface area contributed by atoms with Gasteiger partial charge in [0.25, 0.3) is 5.91 Å². The molecular formula is C21H18ClN3O2S. The number of nitrogens with one attached hydrogen (secondary N) is 1. The molecule has 0 saturated heterocycles. The summed E-state index contributed by atoms with van der Waals surface area (Å²) in [6.07, 6.45) is 0.789. The third-order valence-electron chi connectivity index (χ3n) is 4.69. The van der Waals surface area contributed by atoms with Gasteiger partial charge >= 0.3 is 0 Å². The number of rotatable bonds is 3. The van der Waals surface area contributed by atoms with E-state index >= 15 is 0 Å². The van der Waals surface area contributed by atoms with Crippen LogP contribution in [0.4, 0.5) is 11.4 Å². The van der Waals surface area contributed by atoms with Gasteiger partial charge in [-0.15, -0.1) is 11.3 Å². The maximum absolute atomic E-state index is 12.8. The highest BCUT2D eigenvalue weighted by Crippen LogP contribution is 2.32. The van der Waals surface area contributed by atoms with Gasteiger partial charge in [0.2, 0.25) is 5.91 Å². The predicted octanol–water partition coefficient (Wildman–Crippen LogP) is 4.93. The molecule has 0 atom stereocenters. The zero-order valence-electron chi connectivity index (χ0n) is 15.5. The molecular weight excluding hydrogens is 394 g/mol. The summed E-state index contributed by atoms with van der Waals surface area (Å²) in [5, 5.41) is 4.34. The molecule has 142 valence electrons. The van der Waals surface area contributed by atoms with Crippen molar-refractivity contribution in [2.75, 3.05) is 16.8 Å². The number of thiazole rings is 1. The number of hydrogen-bond acceptors (Lipinski definition) is 4. The van der Waals surface area contributed by atoms with Crippen LogP contribution in [0.25, 0.3) is 10.6 Å². The number of benzene rings is 2. The van der Waals surface area contributed by atoms with E-state index in [4.69, 9.17) is 11.6 Å². The summed E-state index contributed by atoms with van der Waals surface area (Å²) in [6, 6.07) is 13.1. The lowest BCUT2D eigenvalue weighted by molar-refractivity contribution is -0.116. The van der Waals surface area contributed by atoms with E-state index in [1.165, 1.54) is 11.3 Å². The third-order valence-corrected chi connectivity index (χ3v) is 6.13. The normalized spacial score (nSPS) is 12.8. The fourth-order valence-corrected chi connectivity index (χ4v) is 4.49. The summed E-state index contributed by atoms with van der Waals surface area (Å²) >= 11 is 7.40. The molecule has 0 radical (unpaired) electrons. The number of carbonyl (C=O) groups is 2. The van der Waals surface area contributed by atoms with Gasteiger partial charge in [0, 0.05) is 35.4 Å². The van der Waals surface area contributed by atoms with Crippen molar-refractivity contribution < 1.29 is 9.59 Å². The smallest absolute Gasteiger partial charge is 0.267 e. The molecule has 2 heterocycles. The van der Waals surface area contributed by atoms with Crippen LogP contribution in [0.15, 0.2) is 42.5 Å². The molecule has 2 amide bonds. The van der Waals surface area contributed by atoms with E-state index in [2.05, 4.69) is 10.3 Å². The number of hydrogen-bond donors (Lipinski definition) is 1. The molecule has 1 aliphatic rings. The highest BCUT2D eigenvalue weighted by molar-refractivity contribution is 7.17. The molecule has 1 N–H and O–H groups in total. The first-order valence-electron chi connectivity index (χ1n) is 8.88. The second-order valence-electron chi connectivity index (χ2n) is 6.66. The van der Waals surface area contributed by atoms with E-state index < -0.39 is 0 Å². The molecule has 0 unspecified atom stereocenters. The Morgan fingerprint density at radius 1 is 1.21 bits per heavy atom. The first-order chi connectivity index (χ1) is 13.4. The zero-order valence-corrected chi connectivity index (χ0v) is 17.0. The molecule has 0 saturated carbocycles. The summed E-state index contributed by atoms with van der Waals surface area (Å²) in [5.41, 5.74) is 4.27. The van der Waals surface area contributed by atoms with E-state index in [1.807, 2.05) is 43.3 Å². The number of amides is 2. The van der Waals surface area contributed by atoms with Crippen molar-refractivity contribution in [1.82, 2.24) is 4.98 Å². The molecule has 3 aromatic rings. The van der Waals surface area contributed by atoms with Gasteiger partial charge in [0.1, 0.15) is 9.88 Å². The van der Waals surface area contributed by atoms with Gasteiger partial charge in [-0.25, -0.2) is 4.98 Å². The number of carbonyl (C=O) groups excluding carboxylic acids is 2. The van der Waals surface area contributed by atoms with Crippen LogP contribution in [-0.4, -0.2) is 23.3 Å². The average molecular weight is 412 g/mol. The van der Waals surface area contributed by atoms with Crippen molar-refractivity contribution in [3.63, 3.8) is 0 Å². The summed E-state index contributed by atoms with van der Waals surface area (Å²) in [4.78, 5) is 31.3. The molecule has 1 aromatic heterocycles. The lowest BCUT2D eigenvalue weighted by Gasteiger charge is -2.15. The molecule has 0 spiro atoms. The molecule has 28 heavy (non-hydrogen) atoms. The van der Waals surface area contributed by atoms with Crippen LogP contribution < -0.4 is 10.2 Å². The van der Waals surface area contributed by atoms with Crippen LogP contribution >= 0.6 is 22.9 Å². The summed E-state index contributed by atoms with van der Waals surface area (Å²) in [6.45, 7) is 4.07. The Kier molecular flexibility index (Phi) is 4.91. The van der Waals surface area contributed by atoms with E-state index in [0.29, 0.717) is 27.8 Å². The Labute approximate surface area is 172 Å². The fraction of sp³-hybridized carbons (Fsp3) is 0.190. The van der Waals surface area contributed by atoms with Gasteiger partial charge in [-0.2, -0.15) is 0 Å². The lowest BCUT2D eigenvalue weighted by atomic mass is 10.1. The van der Waals surface area contributed by atoms with Gasteiger partial charge in [0.15, 0.2) is 0 Å². The van der Waals surface area contributed by atoms with Crippen molar-refractivity contribution in [2.24, 2.45) is 0 Å². The Hall–Kier alpha value is -2.70. The number of aromatic nitrogens is 1. The standard InChI is InChI=1S/C21H18ClN3O2S/c1-12-19(28-21(23-12)15-4-3-5-16(22)10-15)20(27)24-17-6-7-18-14(11-17)8-9-25(18)13(2)26/h3-7,10-11H,8-9H2,1-2H3,(H,24,27). The van der Waals surface area contributed by atoms with Crippen molar-refractivity contribution in [3.05, 3.63) is 63.6 Å². The van der Waals surface area contributed by atoms with Gasteiger partial charge in [-0.3, -0.25) is 9.59 Å². The highest BCUT2D eigenvalue weighted by atomic mass is 35.5. The van der Waals surface area contributed by atoms with E-state index in [9.17, 15) is 9.59 Å². The number of nitrogens with zero attached hydrogens (tertiary/aromatic N) is 2. The summed E-state index contributed by atoms with van der Waals surface area (Å²) in [5.74, 6) is -0.158. The fourth-order valence-electron chi connectivity index (χ4n) is 3.35. The number of anilines is 2. The van der Waals surface area contributed by atoms with Crippen LogP contribution in [-0.2, 0) is 11.2 Å². The van der Waals surface area contributed by atoms with Crippen LogP contribution in [0.1, 0.15) is 27.9 Å². The summed E-state index contributed by atoms with van der Waals surface area (Å²) in [7, 11) is 0. The van der Waals surface area contributed by atoms with Crippen molar-refractivity contribution in [1.29, 1.82) is 0 Å². The second kappa shape index (κ2) is 7.37. The third kappa shape index (κ3) is 3.53. The lowest BCUT2D eigenvalue weighted by Crippen LogP contribution is -2.25. The highest BCUT2D eigenvalue weighted by Gasteiger charge is 2.23. The van der Waals surface area contributed by atoms with Crippen LogP contribution in [0, 0.1) is 6.92 Å². The molecule has 5 nitrogen and oxygen atoms in total. The van der Waals surface area contributed by atoms with Crippen molar-refractivity contribution in [3.8, 4) is 10.6 Å². The first kappa shape index (κ1) is 18.7. The second-order valence-corrected chi connectivity index (χ2v) is 8.10. The van der Waals surface area contributed by atoms with Crippen molar-refractivity contribution in [2.45, 2.75) is 20.3 Å². The number of aryl methyl sites for hydroxylation is 1. The Bertz CT molecular complexity index is 1090. The Morgan fingerprint density at radius 3 is 2.79 bits per heavy atom. The minimum atomic E-state index is -0.190. The first-order valence-corrected chi connectivity index (χ1v) is 10.1. The van der Waals surface area contributed by atoms with Gasteiger partial charge in [-0.1, -0.05) is 23.7 Å². The maximum Gasteiger partial charge on any atom is 0.267 e. The largest absolute Gasteiger partial charge is 0.321 e. The zero-order chi connectivity index (χ0) is 19.8. The molecule has 7 heteroatoms. The molecule has 4 rings (SSSR count). The quantitative estimate of drug-likeness (QED) is 0.664. The van der Waals surface area contributed by atoms with E-state index in [-0.39, 0.29) is 11.8 Å². The average Bonchev–Trinajstić information content (AvgIpc) is 3.25. The van der Waals surface area contributed by atoms with Crippen LogP contribution in [0.3, 0.4) is 0 Å². The Morgan fingerprint density at radius 2 is 2.04 bits per heavy atom. The molecule has 0 bridgehead atoms. The molecule has 1 aliphatic heterocycles. The minimum absolute atomic E-state index is 0.0318. The maximum atomic E-state index is 12.8. The van der Waals surface area contributed by atoms with Crippen LogP contribution in [0.5, 0.6) is 0 Å². The number of halogens is 1. The summed E-state index contributed by atoms with van der Waals surface area (Å²) < 4.78 is 0.